The molecular formula is C100H70N6OSi. The smallest absolute Gasteiger partial charge is 0.269 e. The molecule has 0 unspecified atom stereocenters. The molecule has 0 saturated carbocycles. The highest BCUT2D eigenvalue weighted by atomic mass is 28.3. The summed E-state index contributed by atoms with van der Waals surface area (Å²) in [6.07, 6.45) is 5.71. The van der Waals surface area contributed by atoms with Crippen LogP contribution in [0, 0.1) is 6.33 Å². The van der Waals surface area contributed by atoms with Crippen LogP contribution in [-0.4, -0.2) is 31.3 Å². The first-order valence-electron chi connectivity index (χ1n) is 41.3. The number of ether oxygens (including phenoxy) is 1. The number of para-hydroxylation sites is 4. The van der Waals surface area contributed by atoms with Crippen molar-refractivity contribution in [1.82, 2.24) is 23.3 Å². The zero-order valence-corrected chi connectivity index (χ0v) is 60.0. The van der Waals surface area contributed by atoms with Gasteiger partial charge in [0.1, 0.15) is 17.3 Å². The zero-order chi connectivity index (χ0) is 80.5. The average molecular weight is 1410 g/mol. The van der Waals surface area contributed by atoms with Crippen molar-refractivity contribution in [2.75, 3.05) is 0 Å². The van der Waals surface area contributed by atoms with Gasteiger partial charge < -0.3 is 13.9 Å². The maximum absolute atomic E-state index is 9.70. The van der Waals surface area contributed by atoms with Crippen molar-refractivity contribution in [3.05, 3.63) is 382 Å². The lowest BCUT2D eigenvalue weighted by Gasteiger charge is -2.36. The third kappa shape index (κ3) is 9.87. The fraction of sp³-hybridized carbons (Fsp3) is 0.0400. The van der Waals surface area contributed by atoms with E-state index in [1.807, 2.05) is 35.0 Å². The molecule has 0 atom stereocenters. The molecule has 0 radical (unpaired) electrons. The van der Waals surface area contributed by atoms with Crippen LogP contribution in [0.15, 0.2) is 370 Å². The van der Waals surface area contributed by atoms with E-state index in [4.69, 9.17) is 12.5 Å². The maximum atomic E-state index is 9.70. The topological polar surface area (TPSA) is 45.7 Å². The van der Waals surface area contributed by atoms with Gasteiger partial charge in [-0.05, 0) is 155 Å². The molecule has 20 aromatic rings. The van der Waals surface area contributed by atoms with Crippen LogP contribution in [0.3, 0.4) is 0 Å². The van der Waals surface area contributed by atoms with E-state index in [9.17, 15) is 11.0 Å². The number of pyridine rings is 1. The van der Waals surface area contributed by atoms with Gasteiger partial charge in [-0.15, -0.1) is 0 Å². The maximum Gasteiger partial charge on any atom is 0.269 e. The number of rotatable bonds is 8. The summed E-state index contributed by atoms with van der Waals surface area (Å²) in [7, 11) is -3.49. The summed E-state index contributed by atoms with van der Waals surface area (Å²) < 4.78 is 111. The molecule has 0 fully saturated rings. The van der Waals surface area contributed by atoms with E-state index in [0.717, 1.165) is 110 Å². The fourth-order valence-electron chi connectivity index (χ4n) is 17.1. The number of hydrogen-bond donors (Lipinski definition) is 0. The Morgan fingerprint density at radius 2 is 0.889 bits per heavy atom. The first-order valence-corrected chi connectivity index (χ1v) is 38.3. The molecule has 21 rings (SSSR count). The first kappa shape index (κ1) is 53.2. The molecule has 1 aliphatic rings. The highest BCUT2D eigenvalue weighted by Crippen LogP contribution is 2.44. The molecular weight excluding hydrogens is 1330 g/mol. The van der Waals surface area contributed by atoms with E-state index >= 15 is 0 Å². The minimum absolute atomic E-state index is 0.109. The second-order valence-electron chi connectivity index (χ2n) is 28.9. The van der Waals surface area contributed by atoms with Gasteiger partial charge in [0.15, 0.2) is 8.07 Å². The largest absolute Gasteiger partial charge is 0.458 e. The van der Waals surface area contributed by atoms with Crippen molar-refractivity contribution >= 4 is 105 Å². The van der Waals surface area contributed by atoms with Gasteiger partial charge in [-0.1, -0.05) is 294 Å². The Bertz CT molecular complexity index is 7490. The van der Waals surface area contributed by atoms with Crippen molar-refractivity contribution in [3.63, 3.8) is 0 Å². The van der Waals surface area contributed by atoms with Gasteiger partial charge in [0.05, 0.1) is 69.2 Å². The minimum atomic E-state index is -3.49. The van der Waals surface area contributed by atoms with E-state index in [0.29, 0.717) is 33.9 Å². The predicted octanol–water partition coefficient (Wildman–Crippen LogP) is 21.8. The highest BCUT2D eigenvalue weighted by molar-refractivity contribution is 7.20. The number of aromatic nitrogens is 6. The Morgan fingerprint density at radius 1 is 0.361 bits per heavy atom. The average Bonchev–Trinajstić information content (AvgIpc) is 1.31. The Hall–Kier alpha value is -13.7. The second-order valence-corrected chi connectivity index (χ2v) is 32.6. The molecule has 0 saturated heterocycles. The van der Waals surface area contributed by atoms with E-state index in [2.05, 4.69) is 302 Å². The summed E-state index contributed by atoms with van der Waals surface area (Å²) in [5, 5.41) is 10.8. The molecule has 0 amide bonds. The monoisotopic (exact) mass is 1410 g/mol. The summed E-state index contributed by atoms with van der Waals surface area (Å²) in [5.74, 6) is 1.72. The van der Waals surface area contributed by atoms with E-state index in [1.54, 1.807) is 22.8 Å². The van der Waals surface area contributed by atoms with Crippen molar-refractivity contribution in [3.8, 4) is 84.6 Å². The van der Waals surface area contributed by atoms with E-state index in [1.165, 1.54) is 15.6 Å². The molecule has 0 N–H and O–H groups in total. The quantitative estimate of drug-likeness (QED) is 0.0865. The first-order chi connectivity index (χ1) is 57.3. The molecule has 1 aliphatic heterocycles. The van der Waals surface area contributed by atoms with Gasteiger partial charge in [0.25, 0.3) is 6.33 Å². The molecule has 108 heavy (non-hydrogen) atoms. The third-order valence-electron chi connectivity index (χ3n) is 21.9. The SMILES string of the molecule is [2H]c1c([2H])c([2H])c(-c2cccc(-c3c([2H])c([2H])c([2H])c([2H])c3[2H])c2-[n+]2[c-]n3c4cc(ccc42)-n2c4ccccc4c4ccc(cc42)[Si](c2ccccc2)(c2ccccc2)c2ccccc2-c2ccccc2-c2ccc4c5ccccc5n(c4c2)-c2cc(Oc4ccc5c6ccccc6n(-c6cc(C(C)(C)C)ccn6)c5c4)cc-3c2)c([2H])c1[2H]. The van der Waals surface area contributed by atoms with Crippen LogP contribution in [0.4, 0.5) is 0 Å². The summed E-state index contributed by atoms with van der Waals surface area (Å²) in [5.41, 5.74) is 13.7. The molecule has 0 aliphatic carbocycles. The molecule has 15 aromatic carbocycles. The summed E-state index contributed by atoms with van der Waals surface area (Å²) in [6.45, 7) is 6.60. The highest BCUT2D eigenvalue weighted by Gasteiger charge is 2.44. The third-order valence-corrected chi connectivity index (χ3v) is 26.7. The van der Waals surface area contributed by atoms with Gasteiger partial charge in [-0.2, -0.15) is 0 Å². The lowest BCUT2D eigenvalue weighted by atomic mass is 9.88. The molecule has 510 valence electrons. The zero-order valence-electron chi connectivity index (χ0n) is 69.0. The van der Waals surface area contributed by atoms with E-state index in [-0.39, 0.29) is 33.4 Å². The number of imidazole rings is 1. The Morgan fingerprint density at radius 3 is 1.55 bits per heavy atom. The molecule has 0 spiro atoms. The standard InChI is InChI=1S/C100H70N6OSi/c1-100(2,3)69-55-56-101-98(58-69)106-91-45-24-20-39-84(91)86-52-49-73(63-94(86)106)107-74-60-71-59-72(61-74)105-90-44-23-19-37-82(90)85-51-47-68(57-93(85)105)78-35-16-17-36-81(78)88-40-21-25-46-97(88)108(75-31-12-6-13-32-75,76-33-14-7-15-34-76)77-50-53-87-83-38-18-22-43-89(83)104(95(87)64-77)70-48-54-92-96(62-70)102(71)65-103(92)99-79(66-27-8-4-9-28-66)41-26-42-80(99)67-29-10-5-11-30-67/h4-64H,1-3H3/i4D,5D,8D,9D,10D,11D,27D,28D,29D,30D. The number of benzene rings is 15. The number of fused-ring (bicyclic) bond motifs is 21. The van der Waals surface area contributed by atoms with Crippen LogP contribution in [0.1, 0.15) is 40.0 Å². The normalized spacial score (nSPS) is 14.0. The summed E-state index contributed by atoms with van der Waals surface area (Å²) >= 11 is 0. The Kier molecular flexibility index (Phi) is 12.2. The Balaban J connectivity index is 0.926. The van der Waals surface area contributed by atoms with Crippen molar-refractivity contribution in [2.24, 2.45) is 0 Å². The van der Waals surface area contributed by atoms with Crippen molar-refractivity contribution in [1.29, 1.82) is 0 Å². The van der Waals surface area contributed by atoms with Crippen LogP contribution in [-0.2, 0) is 5.41 Å². The van der Waals surface area contributed by atoms with Gasteiger partial charge >= 0.3 is 0 Å². The molecule has 7 nitrogen and oxygen atoms in total. The van der Waals surface area contributed by atoms with Gasteiger partial charge in [-0.3, -0.25) is 13.7 Å². The molecule has 6 heterocycles. The van der Waals surface area contributed by atoms with Gasteiger partial charge in [0.2, 0.25) is 0 Å². The van der Waals surface area contributed by atoms with Gasteiger partial charge in [0, 0.05) is 62.0 Å². The molecule has 8 heteroatoms. The second kappa shape index (κ2) is 24.7. The van der Waals surface area contributed by atoms with Crippen LogP contribution in [0.5, 0.6) is 11.5 Å². The Labute approximate surface area is 640 Å². The summed E-state index contributed by atoms with van der Waals surface area (Å²) in [6, 6.07) is 101. The molecule has 5 aromatic heterocycles. The van der Waals surface area contributed by atoms with Crippen molar-refractivity contribution < 1.29 is 23.0 Å². The van der Waals surface area contributed by atoms with E-state index < -0.39 is 68.5 Å². The lowest BCUT2D eigenvalue weighted by molar-refractivity contribution is -0.571. The number of hydrogen-bond acceptors (Lipinski definition) is 2. The number of nitrogens with zero attached hydrogens (tertiary/aromatic N) is 6. The fourth-order valence-corrected chi connectivity index (χ4v) is 22.1. The van der Waals surface area contributed by atoms with Crippen LogP contribution in [0.2, 0.25) is 0 Å². The van der Waals surface area contributed by atoms with Crippen LogP contribution >= 0.6 is 0 Å². The lowest BCUT2D eigenvalue weighted by Crippen LogP contribution is -2.75. The van der Waals surface area contributed by atoms with Gasteiger partial charge in [-0.25, -0.2) is 4.98 Å². The minimum Gasteiger partial charge on any atom is -0.458 e. The summed E-state index contributed by atoms with van der Waals surface area (Å²) in [4.78, 5) is 5.04. The van der Waals surface area contributed by atoms with Crippen molar-refractivity contribution in [2.45, 2.75) is 26.2 Å². The van der Waals surface area contributed by atoms with Crippen LogP contribution in [0.25, 0.3) is 150 Å². The van der Waals surface area contributed by atoms with Crippen LogP contribution < -0.4 is 30.1 Å². The predicted molar refractivity (Wildman–Crippen MR) is 449 cm³/mol. The molecule has 8 bridgehead atoms.